The molecule has 0 aliphatic heterocycles. The molecule has 0 spiro atoms. The Hall–Kier alpha value is -1.93. The minimum absolute atomic E-state index is 0.221. The van der Waals surface area contributed by atoms with Gasteiger partial charge in [0.2, 0.25) is 0 Å². The number of esters is 1. The van der Waals surface area contributed by atoms with Gasteiger partial charge in [0.25, 0.3) is 0 Å². The zero-order valence-corrected chi connectivity index (χ0v) is 13.5. The summed E-state index contributed by atoms with van der Waals surface area (Å²) in [6.07, 6.45) is -3.64. The highest BCUT2D eigenvalue weighted by Gasteiger charge is 2.45. The molecule has 0 radical (unpaired) electrons. The molecule has 0 aromatic carbocycles. The van der Waals surface area contributed by atoms with Gasteiger partial charge in [-0.25, -0.2) is 0 Å². The third-order valence-corrected chi connectivity index (χ3v) is 4.17. The number of alkyl halides is 3. The van der Waals surface area contributed by atoms with Gasteiger partial charge in [0.1, 0.15) is 11.6 Å². The molecule has 6 nitrogen and oxygen atoms in total. The number of rotatable bonds is 6. The maximum Gasteiger partial charge on any atom is 0.430 e. The Morgan fingerprint density at radius 3 is 2.33 bits per heavy atom. The maximum absolute atomic E-state index is 13.1. The fourth-order valence-electron chi connectivity index (χ4n) is 2.67. The van der Waals surface area contributed by atoms with E-state index in [1.807, 2.05) is 0 Å². The summed E-state index contributed by atoms with van der Waals surface area (Å²) in [6, 6.07) is -0.731. The van der Waals surface area contributed by atoms with Crippen LogP contribution in [-0.2, 0) is 14.3 Å². The van der Waals surface area contributed by atoms with Gasteiger partial charge in [-0.05, 0) is 39.5 Å². The van der Waals surface area contributed by atoms with Gasteiger partial charge in [0.15, 0.2) is 0 Å². The summed E-state index contributed by atoms with van der Waals surface area (Å²) in [4.78, 5) is 26.4. The standard InChI is InChI=1S/C15H21F3N2O4/c1-3-24-13(23)14(2)6-4-9(5-7-14)20-11(15(16,17)18)10(8-19)12(21)22/h8-10,19H,3-7H2,1-2H3,(H,21,22). The Balaban J connectivity index is 2.94. The van der Waals surface area contributed by atoms with Crippen LogP contribution in [0.4, 0.5) is 13.2 Å². The molecule has 0 aromatic rings. The number of carboxylic acid groups (broad SMARTS) is 1. The maximum atomic E-state index is 13.1. The fraction of sp³-hybridized carbons (Fsp3) is 0.733. The molecule has 1 atom stereocenters. The van der Waals surface area contributed by atoms with Gasteiger partial charge in [-0.2, -0.15) is 13.2 Å². The molecule has 0 saturated heterocycles. The lowest BCUT2D eigenvalue weighted by Gasteiger charge is -2.34. The Bertz CT molecular complexity index is 523. The first-order valence-corrected chi connectivity index (χ1v) is 7.60. The third kappa shape index (κ3) is 4.78. The number of nitrogens with one attached hydrogen (secondary N) is 1. The first-order chi connectivity index (χ1) is 11.0. The lowest BCUT2D eigenvalue weighted by atomic mass is 9.74. The molecule has 136 valence electrons. The van der Waals surface area contributed by atoms with E-state index in [2.05, 4.69) is 4.99 Å². The normalized spacial score (nSPS) is 26.5. The van der Waals surface area contributed by atoms with Gasteiger partial charge in [0, 0.05) is 6.21 Å². The second-order valence-corrected chi connectivity index (χ2v) is 6.01. The van der Waals surface area contributed by atoms with Gasteiger partial charge in [-0.3, -0.25) is 14.6 Å². The molecule has 1 unspecified atom stereocenters. The first kappa shape index (κ1) is 20.1. The van der Waals surface area contributed by atoms with Gasteiger partial charge < -0.3 is 15.3 Å². The van der Waals surface area contributed by atoms with Crippen LogP contribution < -0.4 is 0 Å². The van der Waals surface area contributed by atoms with Crippen LogP contribution in [0.5, 0.6) is 0 Å². The molecule has 0 amide bonds. The van der Waals surface area contributed by atoms with Gasteiger partial charge >= 0.3 is 18.1 Å². The minimum Gasteiger partial charge on any atom is -0.480 e. The SMILES string of the molecule is CCOC(=O)C1(C)CCC(N=C(C(C=N)C(=O)O)C(F)(F)F)CC1. The molecule has 0 bridgehead atoms. The quantitative estimate of drug-likeness (QED) is 0.568. The van der Waals surface area contributed by atoms with Crippen molar-refractivity contribution in [3.63, 3.8) is 0 Å². The third-order valence-electron chi connectivity index (χ3n) is 4.17. The lowest BCUT2D eigenvalue weighted by molar-refractivity contribution is -0.156. The van der Waals surface area contributed by atoms with Crippen molar-refractivity contribution < 1.29 is 32.6 Å². The molecule has 0 heterocycles. The summed E-state index contributed by atoms with van der Waals surface area (Å²) in [7, 11) is 0. The highest BCUT2D eigenvalue weighted by Crippen LogP contribution is 2.39. The number of aliphatic carboxylic acids is 1. The van der Waals surface area contributed by atoms with Crippen molar-refractivity contribution in [3.05, 3.63) is 0 Å². The number of halogens is 3. The van der Waals surface area contributed by atoms with E-state index in [1.165, 1.54) is 0 Å². The number of nitrogens with zero attached hydrogens (tertiary/aromatic N) is 1. The van der Waals surface area contributed by atoms with Crippen LogP contribution in [0, 0.1) is 16.7 Å². The number of carbonyl (C=O) groups excluding carboxylic acids is 1. The number of hydrogen-bond acceptors (Lipinski definition) is 5. The van der Waals surface area contributed by atoms with E-state index in [1.54, 1.807) is 13.8 Å². The van der Waals surface area contributed by atoms with Crippen molar-refractivity contribution in [3.8, 4) is 0 Å². The van der Waals surface area contributed by atoms with Crippen LogP contribution in [0.25, 0.3) is 0 Å². The summed E-state index contributed by atoms with van der Waals surface area (Å²) in [5, 5.41) is 15.8. The predicted octanol–water partition coefficient (Wildman–Crippen LogP) is 2.85. The molecule has 1 rings (SSSR count). The van der Waals surface area contributed by atoms with Crippen molar-refractivity contribution >= 4 is 23.9 Å². The summed E-state index contributed by atoms with van der Waals surface area (Å²) in [5.41, 5.74) is -2.23. The van der Waals surface area contributed by atoms with Crippen LogP contribution in [-0.4, -0.2) is 47.8 Å². The topological polar surface area (TPSA) is 99.8 Å². The van der Waals surface area contributed by atoms with Crippen molar-refractivity contribution in [2.75, 3.05) is 6.61 Å². The Kier molecular flexibility index (Phi) is 6.50. The average molecular weight is 350 g/mol. The van der Waals surface area contributed by atoms with Crippen molar-refractivity contribution in [2.24, 2.45) is 16.3 Å². The Morgan fingerprint density at radius 2 is 1.96 bits per heavy atom. The zero-order valence-electron chi connectivity index (χ0n) is 13.5. The molecular weight excluding hydrogens is 329 g/mol. The van der Waals surface area contributed by atoms with E-state index in [4.69, 9.17) is 15.3 Å². The number of aliphatic imine (C=N–C) groups is 1. The van der Waals surface area contributed by atoms with Gasteiger partial charge in [-0.15, -0.1) is 0 Å². The Morgan fingerprint density at radius 1 is 1.42 bits per heavy atom. The van der Waals surface area contributed by atoms with Crippen molar-refractivity contribution in [1.29, 1.82) is 5.41 Å². The molecule has 1 aliphatic carbocycles. The fourth-order valence-corrected chi connectivity index (χ4v) is 2.67. The van der Waals surface area contributed by atoms with Crippen molar-refractivity contribution in [1.82, 2.24) is 0 Å². The van der Waals surface area contributed by atoms with E-state index in [-0.39, 0.29) is 31.6 Å². The minimum atomic E-state index is -4.93. The summed E-state index contributed by atoms with van der Waals surface area (Å²) in [6.45, 7) is 3.61. The van der Waals surface area contributed by atoms with E-state index < -0.39 is 35.2 Å². The largest absolute Gasteiger partial charge is 0.480 e. The monoisotopic (exact) mass is 350 g/mol. The summed E-state index contributed by atoms with van der Waals surface area (Å²) < 4.78 is 44.2. The zero-order chi connectivity index (χ0) is 18.5. The lowest BCUT2D eigenvalue weighted by Crippen LogP contribution is -2.39. The molecule has 24 heavy (non-hydrogen) atoms. The number of ether oxygens (including phenoxy) is 1. The summed E-state index contributed by atoms with van der Waals surface area (Å²) in [5.74, 6) is -4.28. The molecule has 1 fully saturated rings. The van der Waals surface area contributed by atoms with Gasteiger partial charge in [0.05, 0.1) is 18.1 Å². The molecule has 1 aliphatic rings. The Labute approximate surface area is 137 Å². The molecule has 1 saturated carbocycles. The number of carbonyl (C=O) groups is 2. The predicted molar refractivity (Wildman–Crippen MR) is 80.4 cm³/mol. The van der Waals surface area contributed by atoms with Crippen LogP contribution in [0.3, 0.4) is 0 Å². The molecular formula is C15H21F3N2O4. The van der Waals surface area contributed by atoms with E-state index in [0.29, 0.717) is 12.8 Å². The number of carboxylic acids is 1. The molecule has 2 N–H and O–H groups in total. The van der Waals surface area contributed by atoms with E-state index >= 15 is 0 Å². The van der Waals surface area contributed by atoms with Crippen LogP contribution in [0.15, 0.2) is 4.99 Å². The van der Waals surface area contributed by atoms with E-state index in [9.17, 15) is 22.8 Å². The second-order valence-electron chi connectivity index (χ2n) is 6.01. The smallest absolute Gasteiger partial charge is 0.430 e. The molecule has 0 aromatic heterocycles. The average Bonchev–Trinajstić information content (AvgIpc) is 2.48. The van der Waals surface area contributed by atoms with E-state index in [0.717, 1.165) is 0 Å². The van der Waals surface area contributed by atoms with Gasteiger partial charge in [-0.1, -0.05) is 0 Å². The van der Waals surface area contributed by atoms with Crippen molar-refractivity contribution in [2.45, 2.75) is 51.7 Å². The van der Waals surface area contributed by atoms with Crippen LogP contribution in [0.2, 0.25) is 0 Å². The first-order valence-electron chi connectivity index (χ1n) is 7.60. The molecule has 9 heteroatoms. The van der Waals surface area contributed by atoms with Crippen LogP contribution >= 0.6 is 0 Å². The number of hydrogen-bond donors (Lipinski definition) is 2. The summed E-state index contributed by atoms with van der Waals surface area (Å²) >= 11 is 0. The second kappa shape index (κ2) is 7.76. The highest BCUT2D eigenvalue weighted by molar-refractivity contribution is 6.15. The van der Waals surface area contributed by atoms with Crippen LogP contribution in [0.1, 0.15) is 39.5 Å². The highest BCUT2D eigenvalue weighted by atomic mass is 19.4.